The molecule has 0 spiro atoms. The van der Waals surface area contributed by atoms with Crippen LogP contribution in [0.25, 0.3) is 0 Å². The van der Waals surface area contributed by atoms with Gasteiger partial charge in [-0.05, 0) is 46.3 Å². The number of sulfonamides is 1. The molecule has 0 aliphatic rings. The highest BCUT2D eigenvalue weighted by atomic mass is 79.9. The van der Waals surface area contributed by atoms with Crippen LogP contribution >= 0.6 is 39.1 Å². The summed E-state index contributed by atoms with van der Waals surface area (Å²) in [4.78, 5) is 0.0146. The fourth-order valence-electron chi connectivity index (χ4n) is 1.43. The van der Waals surface area contributed by atoms with Gasteiger partial charge in [0.25, 0.3) is 10.0 Å². The van der Waals surface area contributed by atoms with Crippen LogP contribution < -0.4 is 4.72 Å². The molecule has 100 valence electrons. The molecule has 0 fully saturated rings. The highest BCUT2D eigenvalue weighted by Crippen LogP contribution is 2.27. The summed E-state index contributed by atoms with van der Waals surface area (Å²) in [5.41, 5.74) is 0.443. The maximum atomic E-state index is 12.2. The van der Waals surface area contributed by atoms with Gasteiger partial charge in [-0.25, -0.2) is 8.42 Å². The van der Waals surface area contributed by atoms with Gasteiger partial charge in [0.05, 0.1) is 10.6 Å². The van der Waals surface area contributed by atoms with Crippen molar-refractivity contribution >= 4 is 54.8 Å². The molecule has 3 nitrogen and oxygen atoms in total. The number of benzene rings is 2. The van der Waals surface area contributed by atoms with E-state index < -0.39 is 10.0 Å². The Kier molecular flexibility index (Phi) is 4.40. The first-order chi connectivity index (χ1) is 8.88. The van der Waals surface area contributed by atoms with E-state index in [4.69, 9.17) is 23.2 Å². The largest absolute Gasteiger partial charge is 0.278 e. The number of rotatable bonds is 3. The van der Waals surface area contributed by atoms with Gasteiger partial charge in [0, 0.05) is 14.5 Å². The zero-order chi connectivity index (χ0) is 14.0. The molecular weight excluding hydrogens is 373 g/mol. The van der Waals surface area contributed by atoms with Crippen molar-refractivity contribution in [2.45, 2.75) is 4.90 Å². The number of hydrogen-bond donors (Lipinski definition) is 1. The minimum absolute atomic E-state index is 0.0146. The molecule has 0 unspecified atom stereocenters. The number of anilines is 1. The van der Waals surface area contributed by atoms with Gasteiger partial charge in [-0.3, -0.25) is 4.72 Å². The van der Waals surface area contributed by atoms with Crippen LogP contribution in [-0.2, 0) is 10.0 Å². The molecule has 7 heteroatoms. The van der Waals surface area contributed by atoms with Crippen LogP contribution in [0.5, 0.6) is 0 Å². The van der Waals surface area contributed by atoms with Crippen molar-refractivity contribution in [3.05, 3.63) is 57.0 Å². The second kappa shape index (κ2) is 5.71. The van der Waals surface area contributed by atoms with Crippen molar-refractivity contribution in [3.63, 3.8) is 0 Å². The van der Waals surface area contributed by atoms with Crippen molar-refractivity contribution in [2.75, 3.05) is 4.72 Å². The molecule has 0 amide bonds. The quantitative estimate of drug-likeness (QED) is 0.848. The average molecular weight is 381 g/mol. The van der Waals surface area contributed by atoms with E-state index in [2.05, 4.69) is 20.7 Å². The lowest BCUT2D eigenvalue weighted by atomic mass is 10.3. The van der Waals surface area contributed by atoms with Crippen LogP contribution in [0, 0.1) is 0 Å². The topological polar surface area (TPSA) is 46.2 Å². The van der Waals surface area contributed by atoms with Gasteiger partial charge in [-0.1, -0.05) is 35.3 Å². The summed E-state index contributed by atoms with van der Waals surface area (Å²) in [6.07, 6.45) is 0. The van der Waals surface area contributed by atoms with Crippen molar-refractivity contribution < 1.29 is 8.42 Å². The van der Waals surface area contributed by atoms with Crippen LogP contribution in [0.1, 0.15) is 0 Å². The molecule has 0 radical (unpaired) electrons. The number of para-hydroxylation sites is 1. The predicted octanol–water partition coefficient (Wildman–Crippen LogP) is 4.56. The molecule has 0 bridgehead atoms. The summed E-state index contributed by atoms with van der Waals surface area (Å²) < 4.78 is 27.5. The third-order valence-corrected chi connectivity index (χ3v) is 4.74. The molecular formula is C12H8BrCl2NO2S. The van der Waals surface area contributed by atoms with Gasteiger partial charge in [0.1, 0.15) is 0 Å². The molecule has 0 atom stereocenters. The van der Waals surface area contributed by atoms with E-state index in [-0.39, 0.29) is 14.9 Å². The lowest BCUT2D eigenvalue weighted by Gasteiger charge is -2.10. The molecule has 0 saturated heterocycles. The van der Waals surface area contributed by atoms with Gasteiger partial charge in [-0.15, -0.1) is 0 Å². The summed E-state index contributed by atoms with van der Waals surface area (Å²) in [7, 11) is -3.73. The van der Waals surface area contributed by atoms with Crippen molar-refractivity contribution in [1.29, 1.82) is 0 Å². The molecule has 2 rings (SSSR count). The highest BCUT2D eigenvalue weighted by Gasteiger charge is 2.16. The monoisotopic (exact) mass is 379 g/mol. The maximum absolute atomic E-state index is 12.2. The van der Waals surface area contributed by atoms with E-state index in [1.807, 2.05) is 0 Å². The maximum Gasteiger partial charge on any atom is 0.262 e. The van der Waals surface area contributed by atoms with Crippen LogP contribution in [0.3, 0.4) is 0 Å². The molecule has 0 aliphatic heterocycles. The highest BCUT2D eigenvalue weighted by molar-refractivity contribution is 9.10. The standard InChI is InChI=1S/C12H8BrCl2NO2S/c13-11-3-1-2-4-12(11)16-19(17,18)10-6-8(14)5-9(15)7-10/h1-7,16H. The first-order valence-corrected chi connectivity index (χ1v) is 8.15. The lowest BCUT2D eigenvalue weighted by molar-refractivity contribution is 0.601. The minimum atomic E-state index is -3.73. The molecule has 1 N–H and O–H groups in total. The summed E-state index contributed by atoms with van der Waals surface area (Å²) in [6, 6.07) is 11.1. The normalized spacial score (nSPS) is 11.3. The Bertz CT molecular complexity index is 699. The summed E-state index contributed by atoms with van der Waals surface area (Å²) in [5.74, 6) is 0. The Labute approximate surface area is 129 Å². The van der Waals surface area contributed by atoms with Gasteiger partial charge in [-0.2, -0.15) is 0 Å². The van der Waals surface area contributed by atoms with E-state index in [1.54, 1.807) is 24.3 Å². The number of halogens is 3. The summed E-state index contributed by atoms with van der Waals surface area (Å²) in [6.45, 7) is 0. The Hall–Kier alpha value is -0.750. The van der Waals surface area contributed by atoms with E-state index in [0.29, 0.717) is 10.2 Å². The van der Waals surface area contributed by atoms with E-state index >= 15 is 0 Å². The fraction of sp³-hybridized carbons (Fsp3) is 0. The average Bonchev–Trinajstić information content (AvgIpc) is 2.31. The Morgan fingerprint density at radius 3 is 2.16 bits per heavy atom. The minimum Gasteiger partial charge on any atom is -0.278 e. The van der Waals surface area contributed by atoms with E-state index in [1.165, 1.54) is 18.2 Å². The van der Waals surface area contributed by atoms with Crippen molar-refractivity contribution in [3.8, 4) is 0 Å². The molecule has 0 saturated carbocycles. The molecule has 19 heavy (non-hydrogen) atoms. The van der Waals surface area contributed by atoms with Gasteiger partial charge in [0.2, 0.25) is 0 Å². The van der Waals surface area contributed by atoms with Crippen molar-refractivity contribution in [2.24, 2.45) is 0 Å². The number of hydrogen-bond acceptors (Lipinski definition) is 2. The molecule has 2 aromatic carbocycles. The third kappa shape index (κ3) is 3.63. The third-order valence-electron chi connectivity index (χ3n) is 2.26. The van der Waals surface area contributed by atoms with Crippen LogP contribution in [0.15, 0.2) is 51.8 Å². The van der Waals surface area contributed by atoms with Gasteiger partial charge >= 0.3 is 0 Å². The molecule has 0 aliphatic carbocycles. The molecule has 0 aromatic heterocycles. The SMILES string of the molecule is O=S(=O)(Nc1ccccc1Br)c1cc(Cl)cc(Cl)c1. The summed E-state index contributed by atoms with van der Waals surface area (Å²) in [5, 5.41) is 0.528. The van der Waals surface area contributed by atoms with Crippen molar-refractivity contribution in [1.82, 2.24) is 0 Å². The van der Waals surface area contributed by atoms with Crippen LogP contribution in [-0.4, -0.2) is 8.42 Å². The molecule has 2 aromatic rings. The first kappa shape index (κ1) is 14.7. The Balaban J connectivity index is 2.41. The van der Waals surface area contributed by atoms with E-state index in [0.717, 1.165) is 0 Å². The lowest BCUT2D eigenvalue weighted by Crippen LogP contribution is -2.13. The zero-order valence-corrected chi connectivity index (χ0v) is 13.3. The second-order valence-corrected chi connectivity index (χ2v) is 7.10. The zero-order valence-electron chi connectivity index (χ0n) is 9.40. The van der Waals surface area contributed by atoms with E-state index in [9.17, 15) is 8.42 Å². The summed E-state index contributed by atoms with van der Waals surface area (Å²) >= 11 is 14.9. The van der Waals surface area contributed by atoms with Crippen LogP contribution in [0.2, 0.25) is 10.0 Å². The predicted molar refractivity (Wildman–Crippen MR) is 81.4 cm³/mol. The smallest absolute Gasteiger partial charge is 0.262 e. The Morgan fingerprint density at radius 1 is 1.00 bits per heavy atom. The van der Waals surface area contributed by atoms with Crippen LogP contribution in [0.4, 0.5) is 5.69 Å². The number of nitrogens with one attached hydrogen (secondary N) is 1. The Morgan fingerprint density at radius 2 is 1.58 bits per heavy atom. The van der Waals surface area contributed by atoms with Gasteiger partial charge in [0.15, 0.2) is 0 Å². The second-order valence-electron chi connectivity index (χ2n) is 3.69. The first-order valence-electron chi connectivity index (χ1n) is 5.12. The van der Waals surface area contributed by atoms with Gasteiger partial charge < -0.3 is 0 Å². The fourth-order valence-corrected chi connectivity index (χ4v) is 3.75. The molecule has 0 heterocycles.